The first-order valence-electron chi connectivity index (χ1n) is 7.95. The summed E-state index contributed by atoms with van der Waals surface area (Å²) in [6.45, 7) is 1.57. The second-order valence-corrected chi connectivity index (χ2v) is 6.90. The third kappa shape index (κ3) is 2.91. The number of carbonyl (C=O) groups is 1. The van der Waals surface area contributed by atoms with Crippen LogP contribution in [0.4, 0.5) is 4.79 Å². The molecule has 0 atom stereocenters. The van der Waals surface area contributed by atoms with Crippen LogP contribution in [0.25, 0.3) is 10.9 Å². The largest absolute Gasteiger partial charge is 0.445 e. The van der Waals surface area contributed by atoms with Gasteiger partial charge in [0.25, 0.3) is 0 Å². The molecule has 1 aliphatic heterocycles. The number of hydrogen-bond acceptors (Lipinski definition) is 2. The number of aromatic nitrogens is 1. The fourth-order valence-corrected chi connectivity index (χ4v) is 3.51. The topological polar surface area (TPSA) is 45.3 Å². The highest BCUT2D eigenvalue weighted by Crippen LogP contribution is 2.30. The summed E-state index contributed by atoms with van der Waals surface area (Å²) in [5.41, 5.74) is 4.52. The molecule has 4 nitrogen and oxygen atoms in total. The van der Waals surface area contributed by atoms with E-state index >= 15 is 0 Å². The van der Waals surface area contributed by atoms with Crippen LogP contribution in [0.1, 0.15) is 16.8 Å². The number of rotatable bonds is 2. The molecule has 1 amide bonds. The molecule has 0 saturated carbocycles. The van der Waals surface area contributed by atoms with Gasteiger partial charge in [-0.25, -0.2) is 4.79 Å². The van der Waals surface area contributed by atoms with Crippen LogP contribution < -0.4 is 0 Å². The van der Waals surface area contributed by atoms with Crippen LogP contribution in [0, 0.1) is 0 Å². The van der Waals surface area contributed by atoms with Crippen LogP contribution in [-0.4, -0.2) is 22.5 Å². The molecule has 0 fully saturated rings. The molecule has 1 N–H and O–H groups in total. The van der Waals surface area contributed by atoms with Crippen LogP contribution in [0.15, 0.2) is 53.0 Å². The number of H-pyrrole nitrogens is 1. The predicted octanol–water partition coefficient (Wildman–Crippen LogP) is 4.63. The molecule has 0 aliphatic carbocycles. The summed E-state index contributed by atoms with van der Waals surface area (Å²) in [5, 5.41) is 1.17. The van der Waals surface area contributed by atoms with Gasteiger partial charge in [-0.05, 0) is 23.8 Å². The zero-order valence-corrected chi connectivity index (χ0v) is 14.7. The minimum atomic E-state index is -0.256. The number of aromatic amines is 1. The molecule has 1 aliphatic rings. The lowest BCUT2D eigenvalue weighted by Gasteiger charge is -2.26. The van der Waals surface area contributed by atoms with Crippen LogP contribution in [0.5, 0.6) is 0 Å². The average Bonchev–Trinajstić information content (AvgIpc) is 2.97. The Balaban J connectivity index is 1.50. The summed E-state index contributed by atoms with van der Waals surface area (Å²) in [4.78, 5) is 17.6. The molecule has 1 aromatic heterocycles. The van der Waals surface area contributed by atoms with Crippen molar-refractivity contribution in [2.45, 2.75) is 19.6 Å². The summed E-state index contributed by atoms with van der Waals surface area (Å²) in [5.74, 6) is 0. The van der Waals surface area contributed by atoms with E-state index in [9.17, 15) is 4.79 Å². The number of benzene rings is 2. The molecule has 4 rings (SSSR count). The number of hydrogen-bond donors (Lipinski definition) is 1. The van der Waals surface area contributed by atoms with Crippen molar-refractivity contribution < 1.29 is 9.53 Å². The zero-order valence-electron chi connectivity index (χ0n) is 13.1. The maximum atomic E-state index is 12.4. The van der Waals surface area contributed by atoms with Crippen LogP contribution >= 0.6 is 15.9 Å². The Morgan fingerprint density at radius 1 is 1.21 bits per heavy atom. The van der Waals surface area contributed by atoms with Crippen LogP contribution in [0.3, 0.4) is 0 Å². The van der Waals surface area contributed by atoms with Gasteiger partial charge in [-0.1, -0.05) is 46.3 Å². The van der Waals surface area contributed by atoms with Crippen molar-refractivity contribution in [3.05, 3.63) is 69.8 Å². The van der Waals surface area contributed by atoms with E-state index in [0.717, 1.165) is 22.0 Å². The number of halogens is 1. The van der Waals surface area contributed by atoms with Gasteiger partial charge < -0.3 is 14.6 Å². The quantitative estimate of drug-likeness (QED) is 0.700. The molecule has 2 aromatic carbocycles. The Hall–Kier alpha value is -2.27. The predicted molar refractivity (Wildman–Crippen MR) is 96.7 cm³/mol. The second kappa shape index (κ2) is 6.32. The fourth-order valence-electron chi connectivity index (χ4n) is 3.15. The van der Waals surface area contributed by atoms with E-state index in [0.29, 0.717) is 19.7 Å². The standard InChI is InChI=1S/C19H17BrN2O2/c20-14-6-7-17-15(10-14)16-11-22(9-8-18(16)21-17)19(23)24-12-13-4-2-1-3-5-13/h1-7,10,21H,8-9,11-12H2. The van der Waals surface area contributed by atoms with E-state index in [1.807, 2.05) is 36.4 Å². The molecule has 3 aromatic rings. The normalized spacial score (nSPS) is 13.8. The van der Waals surface area contributed by atoms with Gasteiger partial charge >= 0.3 is 6.09 Å². The molecule has 0 spiro atoms. The Labute approximate surface area is 148 Å². The highest BCUT2D eigenvalue weighted by Gasteiger charge is 2.25. The van der Waals surface area contributed by atoms with Gasteiger partial charge in [-0.15, -0.1) is 0 Å². The smallest absolute Gasteiger partial charge is 0.410 e. The number of nitrogens with one attached hydrogen (secondary N) is 1. The van der Waals surface area contributed by atoms with Crippen LogP contribution in [-0.2, 0) is 24.3 Å². The van der Waals surface area contributed by atoms with E-state index in [-0.39, 0.29) is 6.09 Å². The number of nitrogens with zero attached hydrogens (tertiary/aromatic N) is 1. The van der Waals surface area contributed by atoms with E-state index in [1.54, 1.807) is 4.90 Å². The first kappa shape index (κ1) is 15.3. The van der Waals surface area contributed by atoms with Crippen molar-refractivity contribution in [1.82, 2.24) is 9.88 Å². The van der Waals surface area contributed by atoms with Crippen molar-refractivity contribution in [2.24, 2.45) is 0 Å². The van der Waals surface area contributed by atoms with Crippen LogP contribution in [0.2, 0.25) is 0 Å². The number of amides is 1. The lowest BCUT2D eigenvalue weighted by Crippen LogP contribution is -2.36. The maximum absolute atomic E-state index is 12.4. The number of ether oxygens (including phenoxy) is 1. The fraction of sp³-hybridized carbons (Fsp3) is 0.211. The van der Waals surface area contributed by atoms with Crippen molar-refractivity contribution >= 4 is 32.9 Å². The molecule has 5 heteroatoms. The van der Waals surface area contributed by atoms with Crippen molar-refractivity contribution in [1.29, 1.82) is 0 Å². The Morgan fingerprint density at radius 3 is 2.88 bits per heavy atom. The first-order chi connectivity index (χ1) is 11.7. The zero-order chi connectivity index (χ0) is 16.5. The number of carbonyl (C=O) groups excluding carboxylic acids is 1. The third-order valence-corrected chi connectivity index (χ3v) is 4.89. The molecule has 0 bridgehead atoms. The first-order valence-corrected chi connectivity index (χ1v) is 8.74. The molecular formula is C19H17BrN2O2. The van der Waals surface area contributed by atoms with E-state index in [1.165, 1.54) is 16.6 Å². The summed E-state index contributed by atoms with van der Waals surface area (Å²) in [6, 6.07) is 15.9. The Morgan fingerprint density at radius 2 is 2.04 bits per heavy atom. The molecule has 0 radical (unpaired) electrons. The summed E-state index contributed by atoms with van der Waals surface area (Å²) in [6.07, 6.45) is 0.566. The van der Waals surface area contributed by atoms with Gasteiger partial charge in [0.15, 0.2) is 0 Å². The molecule has 0 saturated heterocycles. The minimum Gasteiger partial charge on any atom is -0.445 e. The lowest BCUT2D eigenvalue weighted by atomic mass is 10.1. The molecular weight excluding hydrogens is 368 g/mol. The Kier molecular flexibility index (Phi) is 4.02. The third-order valence-electron chi connectivity index (χ3n) is 4.40. The van der Waals surface area contributed by atoms with Crippen molar-refractivity contribution in [3.8, 4) is 0 Å². The van der Waals surface area contributed by atoms with Gasteiger partial charge in [0, 0.05) is 39.6 Å². The van der Waals surface area contributed by atoms with Gasteiger partial charge in [0.1, 0.15) is 6.61 Å². The van der Waals surface area contributed by atoms with Gasteiger partial charge in [0.05, 0.1) is 6.54 Å². The van der Waals surface area contributed by atoms with Gasteiger partial charge in [-0.2, -0.15) is 0 Å². The van der Waals surface area contributed by atoms with Crippen molar-refractivity contribution in [2.75, 3.05) is 6.54 Å². The molecule has 122 valence electrons. The summed E-state index contributed by atoms with van der Waals surface area (Å²) >= 11 is 3.52. The van der Waals surface area contributed by atoms with E-state index in [2.05, 4.69) is 33.0 Å². The Bertz CT molecular complexity index is 889. The highest BCUT2D eigenvalue weighted by molar-refractivity contribution is 9.10. The molecule has 0 unspecified atom stereocenters. The highest BCUT2D eigenvalue weighted by atomic mass is 79.9. The minimum absolute atomic E-state index is 0.256. The SMILES string of the molecule is O=C(OCc1ccccc1)N1CCc2[nH]c3ccc(Br)cc3c2C1. The molecule has 2 heterocycles. The maximum Gasteiger partial charge on any atom is 0.410 e. The van der Waals surface area contributed by atoms with Gasteiger partial charge in [-0.3, -0.25) is 0 Å². The lowest BCUT2D eigenvalue weighted by molar-refractivity contribution is 0.0919. The van der Waals surface area contributed by atoms with Crippen molar-refractivity contribution in [3.63, 3.8) is 0 Å². The van der Waals surface area contributed by atoms with E-state index in [4.69, 9.17) is 4.74 Å². The summed E-state index contributed by atoms with van der Waals surface area (Å²) in [7, 11) is 0. The monoisotopic (exact) mass is 384 g/mol. The second-order valence-electron chi connectivity index (χ2n) is 5.98. The average molecular weight is 385 g/mol. The van der Waals surface area contributed by atoms with E-state index < -0.39 is 0 Å². The van der Waals surface area contributed by atoms with Gasteiger partial charge in [0.2, 0.25) is 0 Å². The molecule has 24 heavy (non-hydrogen) atoms. The number of fused-ring (bicyclic) bond motifs is 3. The summed E-state index contributed by atoms with van der Waals surface area (Å²) < 4.78 is 6.50.